The summed E-state index contributed by atoms with van der Waals surface area (Å²) in [6.45, 7) is 2.00. The van der Waals surface area contributed by atoms with Crippen LogP contribution in [0.4, 0.5) is 21.9 Å². The maximum absolute atomic E-state index is 12.0. The summed E-state index contributed by atoms with van der Waals surface area (Å²) < 4.78 is 0.950. The van der Waals surface area contributed by atoms with Crippen LogP contribution in [0.1, 0.15) is 12.5 Å². The van der Waals surface area contributed by atoms with Gasteiger partial charge < -0.3 is 10.6 Å². The molecule has 0 saturated carbocycles. The lowest BCUT2D eigenvalue weighted by atomic mass is 10.1. The highest BCUT2D eigenvalue weighted by molar-refractivity contribution is 9.10. The zero-order valence-electron chi connectivity index (χ0n) is 11.8. The molecule has 0 saturated heterocycles. The number of halogens is 1. The second kappa shape index (κ2) is 7.04. The second-order valence-corrected chi connectivity index (χ2v) is 5.45. The van der Waals surface area contributed by atoms with E-state index in [2.05, 4.69) is 26.6 Å². The van der Waals surface area contributed by atoms with Crippen molar-refractivity contribution >= 4 is 39.0 Å². The zero-order chi connectivity index (χ0) is 16.1. The molecule has 0 atom stereocenters. The molecule has 0 heterocycles. The summed E-state index contributed by atoms with van der Waals surface area (Å²) in [4.78, 5) is 22.1. The fraction of sp³-hybridized carbons (Fsp3) is 0.133. The van der Waals surface area contributed by atoms with Crippen LogP contribution in [0.5, 0.6) is 0 Å². The maximum Gasteiger partial charge on any atom is 0.323 e. The molecule has 0 aromatic heterocycles. The number of nitro groups is 1. The van der Waals surface area contributed by atoms with Gasteiger partial charge in [0.15, 0.2) is 0 Å². The van der Waals surface area contributed by atoms with E-state index in [0.29, 0.717) is 5.69 Å². The molecule has 0 bridgehead atoms. The minimum Gasteiger partial charge on any atom is -0.308 e. The molecule has 2 rings (SSSR count). The van der Waals surface area contributed by atoms with Crippen LogP contribution in [0.15, 0.2) is 46.9 Å². The summed E-state index contributed by atoms with van der Waals surface area (Å²) in [6, 6.07) is 10.9. The van der Waals surface area contributed by atoms with Crippen LogP contribution >= 0.6 is 15.9 Å². The highest BCUT2D eigenvalue weighted by Gasteiger charge is 2.08. The number of aryl methyl sites for hydroxylation is 1. The van der Waals surface area contributed by atoms with Gasteiger partial charge in [-0.25, -0.2) is 4.79 Å². The summed E-state index contributed by atoms with van der Waals surface area (Å²) in [5, 5.41) is 16.0. The molecule has 7 heteroatoms. The van der Waals surface area contributed by atoms with Gasteiger partial charge in [0.2, 0.25) is 0 Å². The maximum atomic E-state index is 12.0. The number of nitrogens with zero attached hydrogens (tertiary/aromatic N) is 1. The van der Waals surface area contributed by atoms with Crippen molar-refractivity contribution in [2.45, 2.75) is 13.3 Å². The van der Waals surface area contributed by atoms with Gasteiger partial charge in [-0.3, -0.25) is 10.1 Å². The van der Waals surface area contributed by atoms with Gasteiger partial charge in [0.05, 0.1) is 4.92 Å². The molecule has 0 radical (unpaired) electrons. The van der Waals surface area contributed by atoms with E-state index in [1.807, 2.05) is 25.1 Å². The summed E-state index contributed by atoms with van der Waals surface area (Å²) in [5.74, 6) is 0. The molecule has 2 N–H and O–H groups in total. The van der Waals surface area contributed by atoms with E-state index in [1.165, 1.54) is 24.3 Å². The number of rotatable bonds is 4. The molecule has 2 aromatic carbocycles. The number of carbonyl (C=O) groups excluding carboxylic acids is 1. The summed E-state index contributed by atoms with van der Waals surface area (Å²) in [6.07, 6.45) is 0.784. The predicted molar refractivity (Wildman–Crippen MR) is 89.3 cm³/mol. The monoisotopic (exact) mass is 363 g/mol. The van der Waals surface area contributed by atoms with Gasteiger partial charge in [0.25, 0.3) is 5.69 Å². The molecular weight excluding hydrogens is 350 g/mol. The van der Waals surface area contributed by atoms with Crippen LogP contribution in [0.3, 0.4) is 0 Å². The topological polar surface area (TPSA) is 84.3 Å². The Morgan fingerprint density at radius 3 is 2.45 bits per heavy atom. The number of non-ortho nitro benzene ring substituents is 1. The van der Waals surface area contributed by atoms with Crippen LogP contribution in [0.2, 0.25) is 0 Å². The number of carbonyl (C=O) groups is 1. The van der Waals surface area contributed by atoms with Crippen molar-refractivity contribution in [1.29, 1.82) is 0 Å². The van der Waals surface area contributed by atoms with Crippen LogP contribution in [-0.4, -0.2) is 11.0 Å². The van der Waals surface area contributed by atoms with E-state index in [4.69, 9.17) is 0 Å². The Hall–Kier alpha value is -2.41. The van der Waals surface area contributed by atoms with Crippen molar-refractivity contribution in [2.75, 3.05) is 10.6 Å². The molecule has 0 aliphatic carbocycles. The third-order valence-electron chi connectivity index (χ3n) is 3.03. The fourth-order valence-electron chi connectivity index (χ4n) is 1.93. The Morgan fingerprint density at radius 2 is 1.86 bits per heavy atom. The predicted octanol–water partition coefficient (Wildman–Crippen LogP) is 4.56. The van der Waals surface area contributed by atoms with Crippen LogP contribution in [-0.2, 0) is 6.42 Å². The van der Waals surface area contributed by atoms with Gasteiger partial charge in [0.1, 0.15) is 0 Å². The molecule has 2 aromatic rings. The third-order valence-corrected chi connectivity index (χ3v) is 3.53. The lowest BCUT2D eigenvalue weighted by Crippen LogP contribution is -2.20. The van der Waals surface area contributed by atoms with Crippen LogP contribution in [0.25, 0.3) is 0 Å². The Bertz CT molecular complexity index is 702. The minimum absolute atomic E-state index is 0.0212. The van der Waals surface area contributed by atoms with E-state index in [-0.39, 0.29) is 5.69 Å². The summed E-state index contributed by atoms with van der Waals surface area (Å²) in [5.41, 5.74) is 2.20. The number of anilines is 2. The van der Waals surface area contributed by atoms with Gasteiger partial charge >= 0.3 is 6.03 Å². The molecular formula is C15H14BrN3O3. The number of amides is 2. The molecule has 0 fully saturated rings. The number of hydrogen-bond acceptors (Lipinski definition) is 3. The standard InChI is InChI=1S/C15H14BrN3O3/c1-2-10-9-11(16)3-8-14(10)18-15(20)17-12-4-6-13(7-5-12)19(21)22/h3-9H,2H2,1H3,(H2,17,18,20). The largest absolute Gasteiger partial charge is 0.323 e. The van der Waals surface area contributed by atoms with Crippen molar-refractivity contribution in [2.24, 2.45) is 0 Å². The van der Waals surface area contributed by atoms with E-state index in [1.54, 1.807) is 0 Å². The van der Waals surface area contributed by atoms with E-state index >= 15 is 0 Å². The highest BCUT2D eigenvalue weighted by atomic mass is 79.9. The normalized spacial score (nSPS) is 10.1. The van der Waals surface area contributed by atoms with Crippen molar-refractivity contribution in [3.63, 3.8) is 0 Å². The highest BCUT2D eigenvalue weighted by Crippen LogP contribution is 2.22. The quantitative estimate of drug-likeness (QED) is 0.616. The van der Waals surface area contributed by atoms with Crippen molar-refractivity contribution in [1.82, 2.24) is 0 Å². The molecule has 0 spiro atoms. The number of benzene rings is 2. The summed E-state index contributed by atoms with van der Waals surface area (Å²) in [7, 11) is 0. The van der Waals surface area contributed by atoms with Gasteiger partial charge in [0, 0.05) is 28.0 Å². The van der Waals surface area contributed by atoms with E-state index < -0.39 is 11.0 Å². The Balaban J connectivity index is 2.05. The van der Waals surface area contributed by atoms with Gasteiger partial charge in [-0.1, -0.05) is 22.9 Å². The van der Waals surface area contributed by atoms with Crippen LogP contribution in [0, 0.1) is 10.1 Å². The molecule has 2 amide bonds. The lowest BCUT2D eigenvalue weighted by molar-refractivity contribution is -0.384. The average molecular weight is 364 g/mol. The zero-order valence-corrected chi connectivity index (χ0v) is 13.4. The van der Waals surface area contributed by atoms with Gasteiger partial charge in [-0.2, -0.15) is 0 Å². The fourth-order valence-corrected chi connectivity index (χ4v) is 2.34. The average Bonchev–Trinajstić information content (AvgIpc) is 2.49. The summed E-state index contributed by atoms with van der Waals surface area (Å²) >= 11 is 3.39. The first kappa shape index (κ1) is 16.0. The first-order valence-corrected chi connectivity index (χ1v) is 7.39. The SMILES string of the molecule is CCc1cc(Br)ccc1NC(=O)Nc1ccc([N+](=O)[O-])cc1. The number of urea groups is 1. The lowest BCUT2D eigenvalue weighted by Gasteiger charge is -2.11. The van der Waals surface area contributed by atoms with E-state index in [9.17, 15) is 14.9 Å². The van der Waals surface area contributed by atoms with E-state index in [0.717, 1.165) is 22.1 Å². The molecule has 0 unspecified atom stereocenters. The first-order valence-electron chi connectivity index (χ1n) is 6.60. The molecule has 114 valence electrons. The molecule has 6 nitrogen and oxygen atoms in total. The molecule has 22 heavy (non-hydrogen) atoms. The van der Waals surface area contributed by atoms with Crippen molar-refractivity contribution in [3.8, 4) is 0 Å². The Morgan fingerprint density at radius 1 is 1.18 bits per heavy atom. The molecule has 0 aliphatic heterocycles. The third kappa shape index (κ3) is 4.05. The Kier molecular flexibility index (Phi) is 5.11. The number of nitro benzene ring substituents is 1. The van der Waals surface area contributed by atoms with Crippen molar-refractivity contribution in [3.05, 3.63) is 62.6 Å². The van der Waals surface area contributed by atoms with Gasteiger partial charge in [-0.15, -0.1) is 0 Å². The number of nitrogens with one attached hydrogen (secondary N) is 2. The molecule has 0 aliphatic rings. The van der Waals surface area contributed by atoms with Crippen LogP contribution < -0.4 is 10.6 Å². The number of hydrogen-bond donors (Lipinski definition) is 2. The second-order valence-electron chi connectivity index (χ2n) is 4.54. The first-order chi connectivity index (χ1) is 10.5. The smallest absolute Gasteiger partial charge is 0.308 e. The van der Waals surface area contributed by atoms with Gasteiger partial charge in [-0.05, 0) is 42.3 Å². The minimum atomic E-state index is -0.487. The van der Waals surface area contributed by atoms with Crippen molar-refractivity contribution < 1.29 is 9.72 Å². The Labute approximate surface area is 135 Å².